The Morgan fingerprint density at radius 3 is 2.67 bits per heavy atom. The lowest BCUT2D eigenvalue weighted by molar-refractivity contribution is 0.606. The number of thiocarbonyl (C=S) groups is 1. The van der Waals surface area contributed by atoms with E-state index in [2.05, 4.69) is 29.1 Å². The summed E-state index contributed by atoms with van der Waals surface area (Å²) in [6, 6.07) is 0. The SMILES string of the molecule is CC(C)CCNc1cnc(C(N)=S)cn1. The van der Waals surface area contributed by atoms with Crippen LogP contribution in [0.25, 0.3) is 0 Å². The molecule has 82 valence electrons. The van der Waals surface area contributed by atoms with Gasteiger partial charge in [-0.05, 0) is 12.3 Å². The number of nitrogens with one attached hydrogen (secondary N) is 1. The van der Waals surface area contributed by atoms with E-state index in [4.69, 9.17) is 18.0 Å². The molecule has 0 saturated heterocycles. The maximum atomic E-state index is 5.41. The first-order chi connectivity index (χ1) is 7.09. The fourth-order valence-corrected chi connectivity index (χ4v) is 1.14. The van der Waals surface area contributed by atoms with Gasteiger partial charge in [0.25, 0.3) is 0 Å². The topological polar surface area (TPSA) is 63.8 Å². The largest absolute Gasteiger partial charge is 0.388 e. The summed E-state index contributed by atoms with van der Waals surface area (Å²) in [5, 5.41) is 3.18. The Morgan fingerprint density at radius 2 is 2.20 bits per heavy atom. The van der Waals surface area contributed by atoms with Gasteiger partial charge in [-0.3, -0.25) is 0 Å². The van der Waals surface area contributed by atoms with E-state index in [0.29, 0.717) is 11.6 Å². The molecule has 0 bridgehead atoms. The maximum absolute atomic E-state index is 5.41. The van der Waals surface area contributed by atoms with Gasteiger partial charge < -0.3 is 11.1 Å². The van der Waals surface area contributed by atoms with Crippen LogP contribution in [0, 0.1) is 5.92 Å². The molecule has 1 aromatic rings. The number of aromatic nitrogens is 2. The number of anilines is 1. The molecular weight excluding hydrogens is 208 g/mol. The van der Waals surface area contributed by atoms with E-state index in [1.807, 2.05) is 0 Å². The summed E-state index contributed by atoms with van der Waals surface area (Å²) < 4.78 is 0. The summed E-state index contributed by atoms with van der Waals surface area (Å²) >= 11 is 4.78. The third kappa shape index (κ3) is 4.20. The van der Waals surface area contributed by atoms with E-state index in [1.165, 1.54) is 0 Å². The number of nitrogens with two attached hydrogens (primary N) is 1. The van der Waals surface area contributed by atoms with Gasteiger partial charge in [-0.25, -0.2) is 9.97 Å². The molecule has 3 N–H and O–H groups in total. The molecule has 0 fully saturated rings. The highest BCUT2D eigenvalue weighted by molar-refractivity contribution is 7.80. The molecule has 0 radical (unpaired) electrons. The summed E-state index contributed by atoms with van der Waals surface area (Å²) in [7, 11) is 0. The van der Waals surface area contributed by atoms with Crippen molar-refractivity contribution in [2.24, 2.45) is 11.7 Å². The van der Waals surface area contributed by atoms with Gasteiger partial charge in [0.2, 0.25) is 0 Å². The molecule has 15 heavy (non-hydrogen) atoms. The number of hydrogen-bond donors (Lipinski definition) is 2. The molecule has 1 heterocycles. The predicted molar refractivity (Wildman–Crippen MR) is 65.9 cm³/mol. The first kappa shape index (κ1) is 11.8. The summed E-state index contributed by atoms with van der Waals surface area (Å²) in [5.41, 5.74) is 5.97. The van der Waals surface area contributed by atoms with E-state index in [0.717, 1.165) is 18.8 Å². The number of hydrogen-bond acceptors (Lipinski definition) is 4. The zero-order chi connectivity index (χ0) is 11.3. The second kappa shape index (κ2) is 5.60. The van der Waals surface area contributed by atoms with Crippen molar-refractivity contribution in [1.29, 1.82) is 0 Å². The van der Waals surface area contributed by atoms with Crippen LogP contribution in [0.4, 0.5) is 5.82 Å². The molecule has 0 amide bonds. The molecule has 1 rings (SSSR count). The second-order valence-electron chi connectivity index (χ2n) is 3.76. The number of nitrogens with zero attached hydrogens (tertiary/aromatic N) is 2. The lowest BCUT2D eigenvalue weighted by Crippen LogP contribution is -2.13. The van der Waals surface area contributed by atoms with Gasteiger partial charge in [-0.1, -0.05) is 26.1 Å². The maximum Gasteiger partial charge on any atom is 0.144 e. The van der Waals surface area contributed by atoms with Gasteiger partial charge in [-0.15, -0.1) is 0 Å². The quantitative estimate of drug-likeness (QED) is 0.743. The zero-order valence-corrected chi connectivity index (χ0v) is 9.84. The Kier molecular flexibility index (Phi) is 4.42. The minimum Gasteiger partial charge on any atom is -0.388 e. The van der Waals surface area contributed by atoms with Crippen molar-refractivity contribution in [3.63, 3.8) is 0 Å². The first-order valence-corrected chi connectivity index (χ1v) is 5.36. The minimum absolute atomic E-state index is 0.274. The minimum atomic E-state index is 0.274. The van der Waals surface area contributed by atoms with Gasteiger partial charge in [0.1, 0.15) is 16.5 Å². The normalized spacial score (nSPS) is 10.3. The molecule has 0 saturated carbocycles. The first-order valence-electron chi connectivity index (χ1n) is 4.95. The predicted octanol–water partition coefficient (Wildman–Crippen LogP) is 1.57. The Morgan fingerprint density at radius 1 is 1.47 bits per heavy atom. The summed E-state index contributed by atoms with van der Waals surface area (Å²) in [6.07, 6.45) is 4.34. The van der Waals surface area contributed by atoms with Crippen molar-refractivity contribution in [2.75, 3.05) is 11.9 Å². The Hall–Kier alpha value is -1.23. The van der Waals surface area contributed by atoms with Crippen molar-refractivity contribution in [1.82, 2.24) is 9.97 Å². The van der Waals surface area contributed by atoms with E-state index in [9.17, 15) is 0 Å². The van der Waals surface area contributed by atoms with Crippen molar-refractivity contribution >= 4 is 23.0 Å². The van der Waals surface area contributed by atoms with E-state index in [1.54, 1.807) is 12.4 Å². The van der Waals surface area contributed by atoms with Crippen LogP contribution in [0.15, 0.2) is 12.4 Å². The van der Waals surface area contributed by atoms with Crippen LogP contribution in [0.5, 0.6) is 0 Å². The lowest BCUT2D eigenvalue weighted by Gasteiger charge is -2.07. The zero-order valence-electron chi connectivity index (χ0n) is 9.03. The molecule has 0 aliphatic heterocycles. The molecule has 0 unspecified atom stereocenters. The third-order valence-corrected chi connectivity index (χ3v) is 2.14. The third-order valence-electron chi connectivity index (χ3n) is 1.93. The van der Waals surface area contributed by atoms with E-state index in [-0.39, 0.29) is 4.99 Å². The van der Waals surface area contributed by atoms with Crippen molar-refractivity contribution < 1.29 is 0 Å². The molecule has 0 atom stereocenters. The van der Waals surface area contributed by atoms with Crippen LogP contribution in [-0.2, 0) is 0 Å². The standard InChI is InChI=1S/C10H16N4S/c1-7(2)3-4-12-9-6-13-8(5-14-9)10(11)15/h5-7H,3-4H2,1-2H3,(H2,11,15)(H,12,14). The molecule has 4 nitrogen and oxygen atoms in total. The van der Waals surface area contributed by atoms with Crippen molar-refractivity contribution in [3.05, 3.63) is 18.1 Å². The lowest BCUT2D eigenvalue weighted by atomic mass is 10.1. The highest BCUT2D eigenvalue weighted by atomic mass is 32.1. The van der Waals surface area contributed by atoms with Gasteiger partial charge in [0, 0.05) is 6.54 Å². The van der Waals surface area contributed by atoms with Crippen LogP contribution in [-0.4, -0.2) is 21.5 Å². The molecule has 0 aromatic carbocycles. The molecule has 0 aliphatic carbocycles. The average molecular weight is 224 g/mol. The highest BCUT2D eigenvalue weighted by Crippen LogP contribution is 2.03. The fraction of sp³-hybridized carbons (Fsp3) is 0.500. The summed E-state index contributed by atoms with van der Waals surface area (Å²) in [4.78, 5) is 8.51. The van der Waals surface area contributed by atoms with E-state index < -0.39 is 0 Å². The molecular formula is C10H16N4S. The van der Waals surface area contributed by atoms with Crippen molar-refractivity contribution in [3.8, 4) is 0 Å². The Labute approximate surface area is 95.3 Å². The smallest absolute Gasteiger partial charge is 0.144 e. The van der Waals surface area contributed by atoms with Gasteiger partial charge in [-0.2, -0.15) is 0 Å². The Balaban J connectivity index is 2.46. The monoisotopic (exact) mass is 224 g/mol. The highest BCUT2D eigenvalue weighted by Gasteiger charge is 1.99. The van der Waals surface area contributed by atoms with Gasteiger partial charge >= 0.3 is 0 Å². The van der Waals surface area contributed by atoms with Crippen LogP contribution in [0.1, 0.15) is 26.0 Å². The molecule has 1 aromatic heterocycles. The van der Waals surface area contributed by atoms with E-state index >= 15 is 0 Å². The van der Waals surface area contributed by atoms with Crippen molar-refractivity contribution in [2.45, 2.75) is 20.3 Å². The Bertz CT molecular complexity index is 321. The molecule has 5 heteroatoms. The molecule has 0 aliphatic rings. The van der Waals surface area contributed by atoms with Gasteiger partial charge in [0.05, 0.1) is 12.4 Å². The fourth-order valence-electron chi connectivity index (χ4n) is 1.04. The van der Waals surface area contributed by atoms with Crippen LogP contribution < -0.4 is 11.1 Å². The van der Waals surface area contributed by atoms with Gasteiger partial charge in [0.15, 0.2) is 0 Å². The van der Waals surface area contributed by atoms with Crippen LogP contribution >= 0.6 is 12.2 Å². The van der Waals surface area contributed by atoms with Crippen LogP contribution in [0.3, 0.4) is 0 Å². The average Bonchev–Trinajstić information content (AvgIpc) is 2.18. The molecule has 0 spiro atoms. The number of rotatable bonds is 5. The second-order valence-corrected chi connectivity index (χ2v) is 4.20. The van der Waals surface area contributed by atoms with Crippen LogP contribution in [0.2, 0.25) is 0 Å². The summed E-state index contributed by atoms with van der Waals surface area (Å²) in [5.74, 6) is 1.44. The summed E-state index contributed by atoms with van der Waals surface area (Å²) in [6.45, 7) is 5.27.